The van der Waals surface area contributed by atoms with E-state index in [-0.39, 0.29) is 35.6 Å². The van der Waals surface area contributed by atoms with Crippen LogP contribution in [0.4, 0.5) is 5.69 Å². The molecule has 2 N–H and O–H groups in total. The lowest BCUT2D eigenvalue weighted by Crippen LogP contribution is -2.48. The summed E-state index contributed by atoms with van der Waals surface area (Å²) in [5.74, 6) is 0.539. The summed E-state index contributed by atoms with van der Waals surface area (Å²) in [4.78, 5) is 23.5. The van der Waals surface area contributed by atoms with Crippen LogP contribution in [-0.2, 0) is 0 Å². The maximum atomic E-state index is 12.9. The minimum Gasteiger partial charge on any atom is -0.457 e. The van der Waals surface area contributed by atoms with Crippen LogP contribution in [0.5, 0.6) is 11.5 Å². The van der Waals surface area contributed by atoms with Crippen LogP contribution in [0.15, 0.2) is 48.5 Å². The Morgan fingerprint density at radius 3 is 2.43 bits per heavy atom. The van der Waals surface area contributed by atoms with Crippen molar-refractivity contribution in [3.8, 4) is 11.5 Å². The fourth-order valence-electron chi connectivity index (χ4n) is 3.95. The van der Waals surface area contributed by atoms with Crippen molar-refractivity contribution < 1.29 is 14.5 Å². The van der Waals surface area contributed by atoms with Crippen molar-refractivity contribution in [2.75, 3.05) is 0 Å². The number of carbonyl (C=O) groups excluding carboxylic acids is 1. The third-order valence-electron chi connectivity index (χ3n) is 5.20. The molecule has 28 heavy (non-hydrogen) atoms. The van der Waals surface area contributed by atoms with Crippen molar-refractivity contribution in [1.29, 1.82) is 0 Å². The molecule has 7 nitrogen and oxygen atoms in total. The Balaban J connectivity index is 0.00000225. The Morgan fingerprint density at radius 2 is 1.79 bits per heavy atom. The van der Waals surface area contributed by atoms with E-state index in [4.69, 9.17) is 4.74 Å². The van der Waals surface area contributed by atoms with E-state index >= 15 is 0 Å². The third kappa shape index (κ3) is 4.43. The molecule has 2 aromatic carbocycles. The fourth-order valence-corrected chi connectivity index (χ4v) is 3.95. The first-order valence-electron chi connectivity index (χ1n) is 9.17. The lowest BCUT2D eigenvalue weighted by Gasteiger charge is -2.29. The number of halogens is 1. The largest absolute Gasteiger partial charge is 0.457 e. The van der Waals surface area contributed by atoms with Gasteiger partial charge >= 0.3 is 0 Å². The zero-order valence-electron chi connectivity index (χ0n) is 15.2. The van der Waals surface area contributed by atoms with Gasteiger partial charge in [-0.25, -0.2) is 0 Å². The summed E-state index contributed by atoms with van der Waals surface area (Å²) >= 11 is 0. The highest BCUT2D eigenvalue weighted by atomic mass is 35.5. The monoisotopic (exact) mass is 403 g/mol. The molecule has 2 saturated heterocycles. The van der Waals surface area contributed by atoms with Crippen LogP contribution in [0.1, 0.15) is 36.0 Å². The average molecular weight is 404 g/mol. The molecule has 2 heterocycles. The number of hydrogen-bond acceptors (Lipinski definition) is 5. The van der Waals surface area contributed by atoms with Gasteiger partial charge in [-0.3, -0.25) is 14.9 Å². The first kappa shape index (κ1) is 20.1. The highest BCUT2D eigenvalue weighted by Gasteiger charge is 2.34. The average Bonchev–Trinajstić information content (AvgIpc) is 3.01. The number of benzene rings is 2. The Bertz CT molecular complexity index is 850. The summed E-state index contributed by atoms with van der Waals surface area (Å²) in [6.45, 7) is 0. The number of para-hydroxylation sites is 1. The third-order valence-corrected chi connectivity index (χ3v) is 5.20. The Morgan fingerprint density at radius 1 is 1.11 bits per heavy atom. The van der Waals surface area contributed by atoms with Gasteiger partial charge in [-0.15, -0.1) is 12.4 Å². The molecule has 2 aliphatic rings. The van der Waals surface area contributed by atoms with Crippen molar-refractivity contribution in [1.82, 2.24) is 10.6 Å². The smallest absolute Gasteiger partial charge is 0.270 e. The normalized spacial score (nSPS) is 22.8. The van der Waals surface area contributed by atoms with Crippen LogP contribution in [0.2, 0.25) is 0 Å². The van der Waals surface area contributed by atoms with E-state index in [1.165, 1.54) is 18.2 Å². The van der Waals surface area contributed by atoms with Gasteiger partial charge in [-0.2, -0.15) is 0 Å². The number of piperidine rings is 1. The van der Waals surface area contributed by atoms with E-state index < -0.39 is 4.92 Å². The van der Waals surface area contributed by atoms with E-state index in [9.17, 15) is 14.9 Å². The Hall–Kier alpha value is -2.64. The summed E-state index contributed by atoms with van der Waals surface area (Å²) in [7, 11) is 0. The summed E-state index contributed by atoms with van der Waals surface area (Å²) < 4.78 is 5.81. The van der Waals surface area contributed by atoms with Gasteiger partial charge < -0.3 is 15.4 Å². The number of non-ortho nitro benzene ring substituents is 1. The number of nitrogens with zero attached hydrogens (tertiary/aromatic N) is 1. The van der Waals surface area contributed by atoms with Crippen molar-refractivity contribution in [2.45, 2.75) is 43.8 Å². The first-order valence-corrected chi connectivity index (χ1v) is 9.17. The number of carbonyl (C=O) groups is 1. The molecule has 1 amide bonds. The molecule has 2 atom stereocenters. The van der Waals surface area contributed by atoms with E-state index in [0.717, 1.165) is 25.7 Å². The summed E-state index contributed by atoms with van der Waals surface area (Å²) in [5, 5.41) is 17.7. The van der Waals surface area contributed by atoms with Crippen LogP contribution >= 0.6 is 12.4 Å². The predicted molar refractivity (Wildman–Crippen MR) is 107 cm³/mol. The maximum absolute atomic E-state index is 12.9. The summed E-state index contributed by atoms with van der Waals surface area (Å²) in [5.41, 5.74) is 0.0462. The van der Waals surface area contributed by atoms with E-state index in [0.29, 0.717) is 23.6 Å². The van der Waals surface area contributed by atoms with Gasteiger partial charge in [-0.05, 0) is 43.9 Å². The second-order valence-electron chi connectivity index (χ2n) is 7.13. The molecule has 0 spiro atoms. The van der Waals surface area contributed by atoms with Gasteiger partial charge in [0.15, 0.2) is 0 Å². The molecule has 148 valence electrons. The molecular formula is C20H22ClN3O4. The number of rotatable bonds is 5. The number of ether oxygens (including phenoxy) is 1. The van der Waals surface area contributed by atoms with Gasteiger partial charge in [0.25, 0.3) is 11.6 Å². The SMILES string of the molecule is Cl.O=C(NC1CC2CCC(C1)N2)c1cc([N+](=O)[O-])ccc1Oc1ccccc1. The standard InChI is InChI=1S/C20H21N3O4.ClH/c24-20(22-15-10-13-6-7-14(11-15)21-13)18-12-16(23(25)26)8-9-19(18)27-17-4-2-1-3-5-17;/h1-5,8-9,12-15,21H,6-7,10-11H2,(H,22,24);1H. The van der Waals surface area contributed by atoms with Crippen LogP contribution in [0.25, 0.3) is 0 Å². The van der Waals surface area contributed by atoms with Crippen LogP contribution < -0.4 is 15.4 Å². The Kier molecular flexibility index (Phi) is 6.16. The lowest BCUT2D eigenvalue weighted by atomic mass is 9.99. The maximum Gasteiger partial charge on any atom is 0.270 e. The minimum atomic E-state index is -0.506. The highest BCUT2D eigenvalue weighted by Crippen LogP contribution is 2.30. The topological polar surface area (TPSA) is 93.5 Å². The lowest BCUT2D eigenvalue weighted by molar-refractivity contribution is -0.384. The number of hydrogen-bond donors (Lipinski definition) is 2. The number of nitro benzene ring substituents is 1. The van der Waals surface area contributed by atoms with Gasteiger partial charge in [0.1, 0.15) is 11.5 Å². The number of fused-ring (bicyclic) bond motifs is 2. The quantitative estimate of drug-likeness (QED) is 0.584. The van der Waals surface area contributed by atoms with E-state index in [2.05, 4.69) is 10.6 Å². The van der Waals surface area contributed by atoms with E-state index in [1.807, 2.05) is 18.2 Å². The molecule has 4 rings (SSSR count). The fraction of sp³-hybridized carbons (Fsp3) is 0.350. The summed E-state index contributed by atoms with van der Waals surface area (Å²) in [6, 6.07) is 14.1. The molecule has 0 aliphatic carbocycles. The van der Waals surface area contributed by atoms with Crippen molar-refractivity contribution >= 4 is 24.0 Å². The number of amides is 1. The molecule has 0 saturated carbocycles. The van der Waals surface area contributed by atoms with Crippen molar-refractivity contribution in [3.05, 3.63) is 64.2 Å². The first-order chi connectivity index (χ1) is 13.1. The van der Waals surface area contributed by atoms with Crippen LogP contribution in [-0.4, -0.2) is 29.0 Å². The molecular weight excluding hydrogens is 382 g/mol. The highest BCUT2D eigenvalue weighted by molar-refractivity contribution is 5.98. The Labute approximate surface area is 169 Å². The molecule has 2 bridgehead atoms. The van der Waals surface area contributed by atoms with Gasteiger partial charge in [0, 0.05) is 30.3 Å². The summed E-state index contributed by atoms with van der Waals surface area (Å²) in [6.07, 6.45) is 4.03. The van der Waals surface area contributed by atoms with Crippen molar-refractivity contribution in [2.24, 2.45) is 0 Å². The van der Waals surface area contributed by atoms with E-state index in [1.54, 1.807) is 12.1 Å². The van der Waals surface area contributed by atoms with Gasteiger partial charge in [0.2, 0.25) is 0 Å². The number of nitrogens with one attached hydrogen (secondary N) is 2. The zero-order valence-corrected chi connectivity index (χ0v) is 16.0. The van der Waals surface area contributed by atoms with Gasteiger partial charge in [0.05, 0.1) is 10.5 Å². The van der Waals surface area contributed by atoms with Crippen molar-refractivity contribution in [3.63, 3.8) is 0 Å². The zero-order chi connectivity index (χ0) is 18.8. The molecule has 0 aromatic heterocycles. The molecule has 2 fully saturated rings. The second-order valence-corrected chi connectivity index (χ2v) is 7.13. The molecule has 2 aromatic rings. The second kappa shape index (κ2) is 8.58. The number of nitro groups is 1. The van der Waals surface area contributed by atoms with Gasteiger partial charge in [-0.1, -0.05) is 18.2 Å². The minimum absolute atomic E-state index is 0. The molecule has 2 aliphatic heterocycles. The van der Waals surface area contributed by atoms with Crippen LogP contribution in [0.3, 0.4) is 0 Å². The van der Waals surface area contributed by atoms with Crippen LogP contribution in [0, 0.1) is 10.1 Å². The predicted octanol–water partition coefficient (Wildman–Crippen LogP) is 3.82. The molecule has 2 unspecified atom stereocenters. The molecule has 0 radical (unpaired) electrons. The molecule has 8 heteroatoms.